The quantitative estimate of drug-likeness (QED) is 0.495. The van der Waals surface area contributed by atoms with E-state index in [4.69, 9.17) is 10.5 Å². The number of rotatable bonds is 0. The molecule has 0 radical (unpaired) electrons. The third kappa shape index (κ3) is 1.21. The fourth-order valence-corrected chi connectivity index (χ4v) is 0.820. The molecule has 0 aromatic rings. The molecule has 0 aromatic carbocycles. The van der Waals surface area contributed by atoms with Crippen molar-refractivity contribution in [2.75, 3.05) is 0 Å². The maximum absolute atomic E-state index is 11.0. The summed E-state index contributed by atoms with van der Waals surface area (Å²) in [5, 5.41) is 21.9. The third-order valence-electron chi connectivity index (χ3n) is 1.48. The summed E-state index contributed by atoms with van der Waals surface area (Å²) in [5.74, 6) is -0.300. The van der Waals surface area contributed by atoms with Crippen molar-refractivity contribution in [3.05, 3.63) is 11.4 Å². The minimum atomic E-state index is -0.461. The molecular formula is C7H6N4O. The maximum atomic E-state index is 11.0. The predicted molar refractivity (Wildman–Crippen MR) is 39.0 cm³/mol. The van der Waals surface area contributed by atoms with Gasteiger partial charge in [0, 0.05) is 0 Å². The molecule has 1 aliphatic rings. The Kier molecular flexibility index (Phi) is 1.98. The van der Waals surface area contributed by atoms with Crippen molar-refractivity contribution in [2.45, 2.75) is 13.0 Å². The molecule has 0 bridgehead atoms. The van der Waals surface area contributed by atoms with E-state index in [1.807, 2.05) is 0 Å². The monoisotopic (exact) mass is 162 g/mol. The number of nitrogens with zero attached hydrogens (tertiary/aromatic N) is 2. The van der Waals surface area contributed by atoms with E-state index in [1.54, 1.807) is 19.1 Å². The number of allylic oxidation sites excluding steroid dienone is 2. The van der Waals surface area contributed by atoms with E-state index in [0.717, 1.165) is 0 Å². The summed E-state index contributed by atoms with van der Waals surface area (Å²) < 4.78 is 0. The van der Waals surface area contributed by atoms with Crippen molar-refractivity contribution < 1.29 is 4.79 Å². The van der Waals surface area contributed by atoms with Crippen molar-refractivity contribution in [3.8, 4) is 12.1 Å². The summed E-state index contributed by atoms with van der Waals surface area (Å²) in [6.45, 7) is 1.61. The fraction of sp³-hybridized carbons (Fsp3) is 0.286. The average Bonchev–Trinajstić information content (AvgIpc) is 2.09. The Morgan fingerprint density at radius 2 is 1.92 bits per heavy atom. The van der Waals surface area contributed by atoms with Crippen LogP contribution in [-0.4, -0.2) is 11.9 Å². The van der Waals surface area contributed by atoms with Gasteiger partial charge in [0.2, 0.25) is 5.91 Å². The highest BCUT2D eigenvalue weighted by Gasteiger charge is 2.23. The Morgan fingerprint density at radius 1 is 1.33 bits per heavy atom. The van der Waals surface area contributed by atoms with E-state index in [1.165, 1.54) is 0 Å². The van der Waals surface area contributed by atoms with E-state index >= 15 is 0 Å². The zero-order valence-corrected chi connectivity index (χ0v) is 6.38. The average molecular weight is 162 g/mol. The van der Waals surface area contributed by atoms with Crippen LogP contribution in [0.3, 0.4) is 0 Å². The van der Waals surface area contributed by atoms with Crippen LogP contribution in [0.25, 0.3) is 0 Å². The Hall–Kier alpha value is -2.01. The number of hydrogen-bond acceptors (Lipinski definition) is 4. The number of hydrogen-bond donors (Lipinski definition) is 2. The molecule has 60 valence electrons. The minimum Gasteiger partial charge on any atom is -0.363 e. The molecule has 0 fully saturated rings. The zero-order valence-electron chi connectivity index (χ0n) is 6.38. The lowest BCUT2D eigenvalue weighted by atomic mass is 10.2. The fourth-order valence-electron chi connectivity index (χ4n) is 0.820. The van der Waals surface area contributed by atoms with Crippen LogP contribution in [-0.2, 0) is 4.79 Å². The first-order chi connectivity index (χ1) is 5.69. The molecule has 5 nitrogen and oxygen atoms in total. The van der Waals surface area contributed by atoms with E-state index in [0.29, 0.717) is 0 Å². The van der Waals surface area contributed by atoms with Crippen molar-refractivity contribution in [1.29, 1.82) is 10.5 Å². The highest BCUT2D eigenvalue weighted by Crippen LogP contribution is 2.03. The summed E-state index contributed by atoms with van der Waals surface area (Å²) in [6, 6.07) is 3.04. The number of nitriles is 2. The van der Waals surface area contributed by atoms with Crippen molar-refractivity contribution >= 4 is 5.91 Å². The molecule has 1 rings (SSSR count). The normalized spacial score (nSPS) is 21.9. The van der Waals surface area contributed by atoms with Crippen LogP contribution in [0, 0.1) is 22.7 Å². The molecule has 5 heteroatoms. The molecule has 12 heavy (non-hydrogen) atoms. The van der Waals surface area contributed by atoms with Crippen molar-refractivity contribution in [1.82, 2.24) is 10.6 Å². The first-order valence-corrected chi connectivity index (χ1v) is 3.31. The Balaban J connectivity index is 3.02. The van der Waals surface area contributed by atoms with Gasteiger partial charge in [-0.15, -0.1) is 0 Å². The molecular weight excluding hydrogens is 156 g/mol. The molecule has 1 atom stereocenters. The zero-order chi connectivity index (χ0) is 9.14. The van der Waals surface area contributed by atoms with Gasteiger partial charge in [-0.3, -0.25) is 4.79 Å². The second-order valence-corrected chi connectivity index (χ2v) is 2.33. The topological polar surface area (TPSA) is 88.7 Å². The summed E-state index contributed by atoms with van der Waals surface area (Å²) in [5.41, 5.74) is 0.102. The van der Waals surface area contributed by atoms with Crippen LogP contribution in [0.15, 0.2) is 11.4 Å². The molecule has 1 aliphatic heterocycles. The second-order valence-electron chi connectivity index (χ2n) is 2.33. The van der Waals surface area contributed by atoms with Crippen LogP contribution < -0.4 is 10.6 Å². The number of nitrogens with one attached hydrogen (secondary N) is 2. The van der Waals surface area contributed by atoms with Gasteiger partial charge in [-0.1, -0.05) is 0 Å². The number of carbonyl (C=O) groups excluding carboxylic acids is 1. The number of amides is 1. The molecule has 0 saturated carbocycles. The lowest BCUT2D eigenvalue weighted by molar-refractivity contribution is -0.122. The largest absolute Gasteiger partial charge is 0.363 e. The van der Waals surface area contributed by atoms with Crippen molar-refractivity contribution in [2.24, 2.45) is 0 Å². The van der Waals surface area contributed by atoms with Gasteiger partial charge in [0.15, 0.2) is 5.70 Å². The standard InChI is InChI=1S/C7H6N4O/c1-4-7(12)11-6(3-9)5(2-8)10-4/h4,10H,1H3,(H,11,12). The molecule has 1 heterocycles. The first kappa shape index (κ1) is 8.09. The molecule has 1 amide bonds. The summed E-state index contributed by atoms with van der Waals surface area (Å²) in [7, 11) is 0. The van der Waals surface area contributed by atoms with E-state index in [9.17, 15) is 4.79 Å². The molecule has 2 N–H and O–H groups in total. The maximum Gasteiger partial charge on any atom is 0.247 e. The van der Waals surface area contributed by atoms with Gasteiger partial charge < -0.3 is 10.6 Å². The van der Waals surface area contributed by atoms with Gasteiger partial charge in [0.1, 0.15) is 23.9 Å². The van der Waals surface area contributed by atoms with Gasteiger partial charge in [-0.05, 0) is 6.92 Å². The Bertz CT molecular complexity index is 330. The van der Waals surface area contributed by atoms with E-state index in [-0.39, 0.29) is 17.3 Å². The van der Waals surface area contributed by atoms with Crippen LogP contribution in [0.2, 0.25) is 0 Å². The number of carbonyl (C=O) groups is 1. The molecule has 0 saturated heterocycles. The minimum absolute atomic E-state index is 0.0133. The van der Waals surface area contributed by atoms with Crippen LogP contribution in [0.4, 0.5) is 0 Å². The lowest BCUT2D eigenvalue weighted by Gasteiger charge is -2.19. The second kappa shape index (κ2) is 2.93. The van der Waals surface area contributed by atoms with Crippen LogP contribution in [0.1, 0.15) is 6.92 Å². The molecule has 1 unspecified atom stereocenters. The molecule has 0 spiro atoms. The highest BCUT2D eigenvalue weighted by molar-refractivity contribution is 5.85. The van der Waals surface area contributed by atoms with Gasteiger partial charge in [-0.2, -0.15) is 10.5 Å². The van der Waals surface area contributed by atoms with Crippen LogP contribution >= 0.6 is 0 Å². The predicted octanol–water partition coefficient (Wildman–Crippen LogP) is -0.647. The van der Waals surface area contributed by atoms with E-state index in [2.05, 4.69) is 10.6 Å². The molecule has 0 aliphatic carbocycles. The van der Waals surface area contributed by atoms with Gasteiger partial charge in [-0.25, -0.2) is 0 Å². The van der Waals surface area contributed by atoms with Gasteiger partial charge in [0.25, 0.3) is 0 Å². The van der Waals surface area contributed by atoms with E-state index < -0.39 is 6.04 Å². The van der Waals surface area contributed by atoms with Crippen molar-refractivity contribution in [3.63, 3.8) is 0 Å². The Morgan fingerprint density at radius 3 is 2.42 bits per heavy atom. The smallest absolute Gasteiger partial charge is 0.247 e. The molecule has 0 aromatic heterocycles. The first-order valence-electron chi connectivity index (χ1n) is 3.31. The van der Waals surface area contributed by atoms with Gasteiger partial charge >= 0.3 is 0 Å². The SMILES string of the molecule is CC1NC(C#N)=C(C#N)NC1=O. The summed E-state index contributed by atoms with van der Waals surface area (Å²) >= 11 is 0. The van der Waals surface area contributed by atoms with Gasteiger partial charge in [0.05, 0.1) is 0 Å². The third-order valence-corrected chi connectivity index (χ3v) is 1.48. The highest BCUT2D eigenvalue weighted by atomic mass is 16.2. The summed E-state index contributed by atoms with van der Waals surface area (Å²) in [4.78, 5) is 11.0. The summed E-state index contributed by atoms with van der Waals surface area (Å²) in [6.07, 6.45) is 0. The lowest BCUT2D eigenvalue weighted by Crippen LogP contribution is -2.46. The van der Waals surface area contributed by atoms with Crippen LogP contribution in [0.5, 0.6) is 0 Å². The Labute approximate surface area is 69.3 Å².